The number of halogens is 2. The minimum atomic E-state index is 0.281. The molecular formula is C13H8Cl2N2OS. The molecule has 0 fully saturated rings. The SMILES string of the molecule is Nc1onc(-c2ccc(Cl)cc2Cl)c1-c1cccs1. The van der Waals surface area contributed by atoms with Gasteiger partial charge in [0.25, 0.3) is 0 Å². The first-order valence-electron chi connectivity index (χ1n) is 5.41. The third-order valence-electron chi connectivity index (χ3n) is 2.67. The molecule has 19 heavy (non-hydrogen) atoms. The van der Waals surface area contributed by atoms with E-state index in [-0.39, 0.29) is 5.88 Å². The first-order valence-corrected chi connectivity index (χ1v) is 7.05. The molecule has 0 saturated heterocycles. The Hall–Kier alpha value is -1.49. The van der Waals surface area contributed by atoms with Crippen molar-refractivity contribution < 1.29 is 4.52 Å². The maximum absolute atomic E-state index is 6.20. The summed E-state index contributed by atoms with van der Waals surface area (Å²) < 4.78 is 5.10. The number of hydrogen-bond acceptors (Lipinski definition) is 4. The van der Waals surface area contributed by atoms with Gasteiger partial charge in [0.1, 0.15) is 5.69 Å². The van der Waals surface area contributed by atoms with Crippen LogP contribution in [-0.4, -0.2) is 5.16 Å². The second kappa shape index (κ2) is 4.89. The molecule has 0 aliphatic carbocycles. The lowest BCUT2D eigenvalue weighted by molar-refractivity contribution is 0.439. The van der Waals surface area contributed by atoms with Gasteiger partial charge >= 0.3 is 0 Å². The van der Waals surface area contributed by atoms with Crippen molar-refractivity contribution in [3.8, 4) is 21.7 Å². The van der Waals surface area contributed by atoms with Gasteiger partial charge in [-0.25, -0.2) is 0 Å². The first kappa shape index (κ1) is 12.5. The fourth-order valence-corrected chi connectivity index (χ4v) is 3.10. The molecule has 3 rings (SSSR count). The van der Waals surface area contributed by atoms with Crippen molar-refractivity contribution in [2.45, 2.75) is 0 Å². The highest BCUT2D eigenvalue weighted by molar-refractivity contribution is 7.13. The van der Waals surface area contributed by atoms with Gasteiger partial charge in [0.2, 0.25) is 5.88 Å². The molecule has 6 heteroatoms. The van der Waals surface area contributed by atoms with E-state index in [0.717, 1.165) is 16.0 Å². The van der Waals surface area contributed by atoms with Gasteiger partial charge in [-0.3, -0.25) is 0 Å². The Morgan fingerprint density at radius 2 is 2.05 bits per heavy atom. The topological polar surface area (TPSA) is 52.0 Å². The average Bonchev–Trinajstić information content (AvgIpc) is 2.98. The predicted molar refractivity (Wildman–Crippen MR) is 79.7 cm³/mol. The average molecular weight is 311 g/mol. The van der Waals surface area contributed by atoms with Crippen molar-refractivity contribution in [2.24, 2.45) is 0 Å². The summed E-state index contributed by atoms with van der Waals surface area (Å²) >= 11 is 13.7. The van der Waals surface area contributed by atoms with E-state index in [1.54, 1.807) is 29.5 Å². The van der Waals surface area contributed by atoms with E-state index in [1.165, 1.54) is 0 Å². The molecular weight excluding hydrogens is 303 g/mol. The molecule has 0 unspecified atom stereocenters. The molecule has 0 aliphatic rings. The molecule has 96 valence electrons. The van der Waals surface area contributed by atoms with Crippen molar-refractivity contribution >= 4 is 40.4 Å². The van der Waals surface area contributed by atoms with Crippen LogP contribution in [0.1, 0.15) is 0 Å². The van der Waals surface area contributed by atoms with E-state index in [9.17, 15) is 0 Å². The Morgan fingerprint density at radius 1 is 1.21 bits per heavy atom. The number of nitrogens with two attached hydrogens (primary N) is 1. The molecule has 0 radical (unpaired) electrons. The molecule has 0 saturated carbocycles. The number of hydrogen-bond donors (Lipinski definition) is 1. The van der Waals surface area contributed by atoms with Crippen molar-refractivity contribution in [1.29, 1.82) is 0 Å². The number of benzene rings is 1. The minimum absolute atomic E-state index is 0.281. The van der Waals surface area contributed by atoms with Crippen molar-refractivity contribution in [3.05, 3.63) is 45.8 Å². The van der Waals surface area contributed by atoms with Crippen LogP contribution >= 0.6 is 34.5 Å². The summed E-state index contributed by atoms with van der Waals surface area (Å²) in [4.78, 5) is 0.986. The largest absolute Gasteiger partial charge is 0.367 e. The van der Waals surface area contributed by atoms with Gasteiger partial charge in [0, 0.05) is 15.5 Å². The summed E-state index contributed by atoms with van der Waals surface area (Å²) in [6, 6.07) is 9.13. The van der Waals surface area contributed by atoms with Crippen LogP contribution in [0, 0.1) is 0 Å². The van der Waals surface area contributed by atoms with Crippen LogP contribution in [0.15, 0.2) is 40.2 Å². The van der Waals surface area contributed by atoms with Gasteiger partial charge in [-0.05, 0) is 29.6 Å². The molecule has 0 bridgehead atoms. The molecule has 2 aromatic heterocycles. The standard InChI is InChI=1S/C13H8Cl2N2OS/c14-7-3-4-8(9(15)6-7)12-11(13(16)18-17-12)10-2-1-5-19-10/h1-6H,16H2. The normalized spacial score (nSPS) is 10.8. The van der Waals surface area contributed by atoms with Crippen LogP contribution in [0.2, 0.25) is 10.0 Å². The number of rotatable bonds is 2. The Labute approximate surface area is 123 Å². The zero-order valence-electron chi connectivity index (χ0n) is 9.56. The van der Waals surface area contributed by atoms with E-state index in [4.69, 9.17) is 33.5 Å². The molecule has 2 heterocycles. The highest BCUT2D eigenvalue weighted by Crippen LogP contribution is 2.41. The third-order valence-corrected chi connectivity index (χ3v) is 4.11. The first-order chi connectivity index (χ1) is 9.16. The van der Waals surface area contributed by atoms with E-state index < -0.39 is 0 Å². The van der Waals surface area contributed by atoms with Crippen LogP contribution < -0.4 is 5.73 Å². The molecule has 0 spiro atoms. The van der Waals surface area contributed by atoms with Crippen molar-refractivity contribution in [3.63, 3.8) is 0 Å². The molecule has 0 amide bonds. The molecule has 3 nitrogen and oxygen atoms in total. The van der Waals surface area contributed by atoms with Crippen LogP contribution in [-0.2, 0) is 0 Å². The molecule has 0 aliphatic heterocycles. The number of anilines is 1. The van der Waals surface area contributed by atoms with E-state index in [2.05, 4.69) is 5.16 Å². The Kier molecular flexibility index (Phi) is 3.22. The van der Waals surface area contributed by atoms with Gasteiger partial charge in [0.05, 0.1) is 10.6 Å². The summed E-state index contributed by atoms with van der Waals surface area (Å²) in [5, 5.41) is 7.06. The lowest BCUT2D eigenvalue weighted by Gasteiger charge is -2.03. The third kappa shape index (κ3) is 2.23. The summed E-state index contributed by atoms with van der Waals surface area (Å²) in [7, 11) is 0. The molecule has 1 aromatic carbocycles. The van der Waals surface area contributed by atoms with Crippen molar-refractivity contribution in [2.75, 3.05) is 5.73 Å². The summed E-state index contributed by atoms with van der Waals surface area (Å²) in [5.74, 6) is 0.281. The van der Waals surface area contributed by atoms with Crippen LogP contribution in [0.25, 0.3) is 21.7 Å². The molecule has 0 atom stereocenters. The van der Waals surface area contributed by atoms with E-state index in [0.29, 0.717) is 15.7 Å². The maximum Gasteiger partial charge on any atom is 0.231 e. The van der Waals surface area contributed by atoms with Gasteiger partial charge in [-0.1, -0.05) is 34.4 Å². The quantitative estimate of drug-likeness (QED) is 0.728. The Morgan fingerprint density at radius 3 is 2.74 bits per heavy atom. The lowest BCUT2D eigenvalue weighted by atomic mass is 10.1. The zero-order chi connectivity index (χ0) is 13.4. The van der Waals surface area contributed by atoms with Gasteiger partial charge < -0.3 is 10.3 Å². The van der Waals surface area contributed by atoms with Crippen molar-refractivity contribution in [1.82, 2.24) is 5.16 Å². The lowest BCUT2D eigenvalue weighted by Crippen LogP contribution is -1.86. The number of nitrogen functional groups attached to an aromatic ring is 1. The summed E-state index contributed by atoms with van der Waals surface area (Å²) in [6.07, 6.45) is 0. The predicted octanol–water partition coefficient (Wildman–Crippen LogP) is 4.96. The van der Waals surface area contributed by atoms with Gasteiger partial charge in [0.15, 0.2) is 0 Å². The van der Waals surface area contributed by atoms with Gasteiger partial charge in [-0.15, -0.1) is 11.3 Å². The number of nitrogens with zero attached hydrogens (tertiary/aromatic N) is 1. The van der Waals surface area contributed by atoms with E-state index in [1.807, 2.05) is 17.5 Å². The second-order valence-corrected chi connectivity index (χ2v) is 5.66. The second-order valence-electron chi connectivity index (χ2n) is 3.87. The van der Waals surface area contributed by atoms with Gasteiger partial charge in [-0.2, -0.15) is 0 Å². The highest BCUT2D eigenvalue weighted by atomic mass is 35.5. The minimum Gasteiger partial charge on any atom is -0.367 e. The molecule has 3 aromatic rings. The summed E-state index contributed by atoms with van der Waals surface area (Å²) in [5.41, 5.74) is 7.99. The number of aromatic nitrogens is 1. The van der Waals surface area contributed by atoms with E-state index >= 15 is 0 Å². The fraction of sp³-hybridized carbons (Fsp3) is 0. The molecule has 2 N–H and O–H groups in total. The Bertz CT molecular complexity index is 722. The van der Waals surface area contributed by atoms with Crippen LogP contribution in [0.3, 0.4) is 0 Å². The van der Waals surface area contributed by atoms with Crippen LogP contribution in [0.4, 0.5) is 5.88 Å². The fourth-order valence-electron chi connectivity index (χ4n) is 1.83. The summed E-state index contributed by atoms with van der Waals surface area (Å²) in [6.45, 7) is 0. The Balaban J connectivity index is 2.21. The zero-order valence-corrected chi connectivity index (χ0v) is 11.9. The number of thiophene rings is 1. The highest BCUT2D eigenvalue weighted by Gasteiger charge is 2.20. The smallest absolute Gasteiger partial charge is 0.231 e. The maximum atomic E-state index is 6.20. The monoisotopic (exact) mass is 310 g/mol. The van der Waals surface area contributed by atoms with Crippen LogP contribution in [0.5, 0.6) is 0 Å².